The molecule has 0 amide bonds. The Hall–Kier alpha value is -4.27. The Bertz CT molecular complexity index is 1090. The minimum Gasteiger partial charge on any atom is -0.457 e. The molecule has 3 aromatic rings. The maximum Gasteiger partial charge on any atom is 0.338 e. The topological polar surface area (TPSA) is 122 Å². The van der Waals surface area contributed by atoms with Crippen LogP contribution in [0.5, 0.6) is 11.5 Å². The van der Waals surface area contributed by atoms with E-state index in [0.717, 1.165) is 5.56 Å². The van der Waals surface area contributed by atoms with E-state index in [2.05, 4.69) is 0 Å². The Morgan fingerprint density at radius 1 is 0.867 bits per heavy atom. The number of nitro groups is 2. The van der Waals surface area contributed by atoms with Crippen molar-refractivity contribution < 1.29 is 24.1 Å². The highest BCUT2D eigenvalue weighted by atomic mass is 16.6. The number of rotatable bonds is 7. The van der Waals surface area contributed by atoms with Crippen LogP contribution < -0.4 is 4.74 Å². The summed E-state index contributed by atoms with van der Waals surface area (Å²) in [6, 6.07) is 16.5. The normalized spacial score (nSPS) is 10.3. The molecule has 0 aliphatic rings. The number of carbonyl (C=O) groups excluding carboxylic acids is 1. The first-order valence-electron chi connectivity index (χ1n) is 8.77. The molecular formula is C21H16N2O7. The van der Waals surface area contributed by atoms with E-state index in [-0.39, 0.29) is 23.5 Å². The molecule has 0 heterocycles. The second kappa shape index (κ2) is 8.82. The second-order valence-corrected chi connectivity index (χ2v) is 6.33. The lowest BCUT2D eigenvalue weighted by Gasteiger charge is -2.08. The van der Waals surface area contributed by atoms with Crippen molar-refractivity contribution in [1.29, 1.82) is 0 Å². The summed E-state index contributed by atoms with van der Waals surface area (Å²) >= 11 is 0. The maximum atomic E-state index is 12.2. The van der Waals surface area contributed by atoms with Gasteiger partial charge >= 0.3 is 5.97 Å². The van der Waals surface area contributed by atoms with Gasteiger partial charge in [0.15, 0.2) is 0 Å². The third kappa shape index (κ3) is 4.96. The van der Waals surface area contributed by atoms with E-state index >= 15 is 0 Å². The molecular weight excluding hydrogens is 392 g/mol. The lowest BCUT2D eigenvalue weighted by Crippen LogP contribution is -2.06. The van der Waals surface area contributed by atoms with E-state index in [0.29, 0.717) is 17.1 Å². The Balaban J connectivity index is 1.58. The molecule has 0 bridgehead atoms. The summed E-state index contributed by atoms with van der Waals surface area (Å²) in [5, 5.41) is 21.5. The van der Waals surface area contributed by atoms with E-state index in [1.54, 1.807) is 31.2 Å². The fourth-order valence-electron chi connectivity index (χ4n) is 2.65. The zero-order valence-corrected chi connectivity index (χ0v) is 15.8. The van der Waals surface area contributed by atoms with Crippen LogP contribution in [0.1, 0.15) is 21.5 Å². The van der Waals surface area contributed by atoms with Crippen molar-refractivity contribution in [3.63, 3.8) is 0 Å². The minimum absolute atomic E-state index is 0.0205. The number of ether oxygens (including phenoxy) is 2. The molecule has 30 heavy (non-hydrogen) atoms. The van der Waals surface area contributed by atoms with Crippen molar-refractivity contribution in [3.8, 4) is 11.5 Å². The third-order valence-corrected chi connectivity index (χ3v) is 4.21. The van der Waals surface area contributed by atoms with Crippen molar-refractivity contribution in [2.45, 2.75) is 13.5 Å². The summed E-state index contributed by atoms with van der Waals surface area (Å²) in [6.45, 7) is 1.57. The Kier molecular flexibility index (Phi) is 6.02. The molecule has 3 rings (SSSR count). The Morgan fingerprint density at radius 3 is 2.00 bits per heavy atom. The fourth-order valence-corrected chi connectivity index (χ4v) is 2.65. The predicted octanol–water partition coefficient (Wildman–Crippen LogP) is 4.96. The molecule has 0 aliphatic carbocycles. The highest BCUT2D eigenvalue weighted by molar-refractivity contribution is 5.90. The molecule has 0 unspecified atom stereocenters. The monoisotopic (exact) mass is 408 g/mol. The molecule has 0 aliphatic heterocycles. The van der Waals surface area contributed by atoms with Crippen LogP contribution in [0.3, 0.4) is 0 Å². The van der Waals surface area contributed by atoms with Crippen molar-refractivity contribution in [3.05, 3.63) is 104 Å². The van der Waals surface area contributed by atoms with Crippen molar-refractivity contribution in [2.24, 2.45) is 0 Å². The van der Waals surface area contributed by atoms with Gasteiger partial charge in [-0.15, -0.1) is 0 Å². The van der Waals surface area contributed by atoms with Gasteiger partial charge in [0.25, 0.3) is 11.4 Å². The van der Waals surface area contributed by atoms with Gasteiger partial charge in [-0.2, -0.15) is 0 Å². The number of nitro benzene ring substituents is 2. The quantitative estimate of drug-likeness (QED) is 0.307. The van der Waals surface area contributed by atoms with Gasteiger partial charge in [-0.3, -0.25) is 20.2 Å². The summed E-state index contributed by atoms with van der Waals surface area (Å²) < 4.78 is 10.9. The van der Waals surface area contributed by atoms with Gasteiger partial charge in [0.05, 0.1) is 15.4 Å². The van der Waals surface area contributed by atoms with Crippen molar-refractivity contribution in [2.75, 3.05) is 0 Å². The molecule has 152 valence electrons. The largest absolute Gasteiger partial charge is 0.457 e. The van der Waals surface area contributed by atoms with Crippen LogP contribution in [-0.4, -0.2) is 15.8 Å². The first-order chi connectivity index (χ1) is 14.3. The maximum absolute atomic E-state index is 12.2. The zero-order chi connectivity index (χ0) is 21.7. The fraction of sp³-hybridized carbons (Fsp3) is 0.0952. The van der Waals surface area contributed by atoms with Crippen LogP contribution in [0.15, 0.2) is 66.7 Å². The predicted molar refractivity (Wildman–Crippen MR) is 107 cm³/mol. The van der Waals surface area contributed by atoms with Gasteiger partial charge < -0.3 is 9.47 Å². The van der Waals surface area contributed by atoms with E-state index in [9.17, 15) is 25.0 Å². The van der Waals surface area contributed by atoms with E-state index in [1.807, 2.05) is 0 Å². The summed E-state index contributed by atoms with van der Waals surface area (Å²) in [6.07, 6.45) is 0. The van der Waals surface area contributed by atoms with Gasteiger partial charge in [-0.25, -0.2) is 4.79 Å². The summed E-state index contributed by atoms with van der Waals surface area (Å²) in [4.78, 5) is 32.7. The smallest absolute Gasteiger partial charge is 0.338 e. The first kappa shape index (κ1) is 20.5. The number of nitrogens with zero attached hydrogens (tertiary/aromatic N) is 2. The van der Waals surface area contributed by atoms with Gasteiger partial charge in [0.1, 0.15) is 18.1 Å². The van der Waals surface area contributed by atoms with E-state index < -0.39 is 15.8 Å². The molecule has 0 atom stereocenters. The summed E-state index contributed by atoms with van der Waals surface area (Å²) in [5.41, 5.74) is 1.24. The Labute approximate surface area is 170 Å². The highest BCUT2D eigenvalue weighted by Crippen LogP contribution is 2.24. The number of hydrogen-bond donors (Lipinski definition) is 0. The number of non-ortho nitro benzene ring substituents is 1. The second-order valence-electron chi connectivity index (χ2n) is 6.33. The summed E-state index contributed by atoms with van der Waals surface area (Å²) in [7, 11) is 0. The van der Waals surface area contributed by atoms with Crippen molar-refractivity contribution in [1.82, 2.24) is 0 Å². The standard InChI is InChI=1S/C21H16N2O7/c1-14-12-16(4-11-20(14)23(27)28)21(24)29-13-15-2-7-18(8-3-15)30-19-9-5-17(6-10-19)22(25)26/h2-12H,13H2,1H3. The van der Waals surface area contributed by atoms with E-state index in [1.165, 1.54) is 42.5 Å². The average Bonchev–Trinajstić information content (AvgIpc) is 2.73. The van der Waals surface area contributed by atoms with Gasteiger partial charge in [-0.05, 0) is 48.9 Å². The van der Waals surface area contributed by atoms with Crippen LogP contribution in [0.2, 0.25) is 0 Å². The van der Waals surface area contributed by atoms with Crippen LogP contribution in [-0.2, 0) is 11.3 Å². The highest BCUT2D eigenvalue weighted by Gasteiger charge is 2.15. The first-order valence-corrected chi connectivity index (χ1v) is 8.77. The molecule has 0 aromatic heterocycles. The van der Waals surface area contributed by atoms with Crippen LogP contribution >= 0.6 is 0 Å². The van der Waals surface area contributed by atoms with Crippen LogP contribution in [0.4, 0.5) is 11.4 Å². The molecule has 3 aromatic carbocycles. The average molecular weight is 408 g/mol. The SMILES string of the molecule is Cc1cc(C(=O)OCc2ccc(Oc3ccc([N+](=O)[O-])cc3)cc2)ccc1[N+](=O)[O-]. The molecule has 9 heteroatoms. The molecule has 9 nitrogen and oxygen atoms in total. The number of benzene rings is 3. The van der Waals surface area contributed by atoms with Gasteiger partial charge in [-0.1, -0.05) is 12.1 Å². The third-order valence-electron chi connectivity index (χ3n) is 4.21. The molecule has 0 N–H and O–H groups in total. The van der Waals surface area contributed by atoms with Gasteiger partial charge in [0.2, 0.25) is 0 Å². The number of esters is 1. The van der Waals surface area contributed by atoms with Crippen LogP contribution in [0, 0.1) is 27.2 Å². The minimum atomic E-state index is -0.584. The molecule has 0 fully saturated rings. The zero-order valence-electron chi connectivity index (χ0n) is 15.8. The molecule has 0 radical (unpaired) electrons. The number of aryl methyl sites for hydroxylation is 1. The lowest BCUT2D eigenvalue weighted by atomic mass is 10.1. The summed E-state index contributed by atoms with van der Waals surface area (Å²) in [5.74, 6) is 0.387. The molecule has 0 saturated carbocycles. The molecule has 0 saturated heterocycles. The Morgan fingerprint density at radius 2 is 1.47 bits per heavy atom. The van der Waals surface area contributed by atoms with Crippen molar-refractivity contribution >= 4 is 17.3 Å². The lowest BCUT2D eigenvalue weighted by molar-refractivity contribution is -0.385. The molecule has 0 spiro atoms. The number of carbonyl (C=O) groups is 1. The number of hydrogen-bond acceptors (Lipinski definition) is 7. The van der Waals surface area contributed by atoms with Gasteiger partial charge in [0, 0.05) is 23.8 Å². The van der Waals surface area contributed by atoms with Crippen LogP contribution in [0.25, 0.3) is 0 Å². The van der Waals surface area contributed by atoms with E-state index in [4.69, 9.17) is 9.47 Å².